The fourth-order valence-electron chi connectivity index (χ4n) is 2.34. The van der Waals surface area contributed by atoms with Crippen LogP contribution in [0, 0.1) is 0 Å². The number of nitrogens with zero attached hydrogens (tertiary/aromatic N) is 2. The van der Waals surface area contributed by atoms with Crippen LogP contribution < -0.4 is 15.0 Å². The van der Waals surface area contributed by atoms with Crippen molar-refractivity contribution < 1.29 is 4.74 Å². The zero-order valence-corrected chi connectivity index (χ0v) is 13.1. The fraction of sp³-hybridized carbons (Fsp3) is 0.353. The van der Waals surface area contributed by atoms with Gasteiger partial charge >= 0.3 is 0 Å². The number of nitrogens with one attached hydrogen (secondary N) is 1. The molecule has 4 nitrogen and oxygen atoms in total. The van der Waals surface area contributed by atoms with Gasteiger partial charge in [0.2, 0.25) is 0 Å². The van der Waals surface area contributed by atoms with Gasteiger partial charge in [0.15, 0.2) is 0 Å². The summed E-state index contributed by atoms with van der Waals surface area (Å²) in [6, 6.07) is 12.5. The highest BCUT2D eigenvalue weighted by Crippen LogP contribution is 2.24. The van der Waals surface area contributed by atoms with Crippen molar-refractivity contribution in [3.8, 4) is 5.75 Å². The van der Waals surface area contributed by atoms with Crippen molar-refractivity contribution in [1.82, 2.24) is 10.3 Å². The average Bonchev–Trinajstić information content (AvgIpc) is 2.54. The third-order valence-corrected chi connectivity index (χ3v) is 3.63. The van der Waals surface area contributed by atoms with E-state index >= 15 is 0 Å². The van der Waals surface area contributed by atoms with Crippen LogP contribution in [0.2, 0.25) is 0 Å². The highest BCUT2D eigenvalue weighted by atomic mass is 16.5. The van der Waals surface area contributed by atoms with Crippen molar-refractivity contribution >= 4 is 5.82 Å². The summed E-state index contributed by atoms with van der Waals surface area (Å²) >= 11 is 0. The molecule has 1 N–H and O–H groups in total. The Morgan fingerprint density at radius 3 is 2.81 bits per heavy atom. The predicted molar refractivity (Wildman–Crippen MR) is 86.8 cm³/mol. The van der Waals surface area contributed by atoms with Crippen molar-refractivity contribution in [2.24, 2.45) is 0 Å². The van der Waals surface area contributed by atoms with E-state index in [1.54, 1.807) is 7.11 Å². The van der Waals surface area contributed by atoms with Gasteiger partial charge < -0.3 is 15.0 Å². The molecule has 0 fully saturated rings. The molecule has 0 bridgehead atoms. The quantitative estimate of drug-likeness (QED) is 0.885. The third kappa shape index (κ3) is 3.73. The first-order valence-corrected chi connectivity index (χ1v) is 7.12. The summed E-state index contributed by atoms with van der Waals surface area (Å²) in [5.41, 5.74) is 2.40. The molecular weight excluding hydrogens is 262 g/mol. The van der Waals surface area contributed by atoms with E-state index in [0.717, 1.165) is 18.1 Å². The summed E-state index contributed by atoms with van der Waals surface area (Å²) in [6.07, 6.45) is 1.84. The molecule has 1 aromatic heterocycles. The Balaban J connectivity index is 2.22. The van der Waals surface area contributed by atoms with Crippen LogP contribution in [0.5, 0.6) is 5.75 Å². The monoisotopic (exact) mass is 285 g/mol. The molecule has 0 amide bonds. The number of aromatic nitrogens is 1. The summed E-state index contributed by atoms with van der Waals surface area (Å²) in [4.78, 5) is 6.71. The summed E-state index contributed by atoms with van der Waals surface area (Å²) in [7, 11) is 5.71. The predicted octanol–water partition coefficient (Wildman–Crippen LogP) is 3.01. The van der Waals surface area contributed by atoms with E-state index in [2.05, 4.69) is 47.4 Å². The molecule has 0 aliphatic carbocycles. The fourth-order valence-corrected chi connectivity index (χ4v) is 2.34. The van der Waals surface area contributed by atoms with Gasteiger partial charge in [0.25, 0.3) is 0 Å². The Hall–Kier alpha value is -2.07. The minimum Gasteiger partial charge on any atom is -0.497 e. The van der Waals surface area contributed by atoms with E-state index in [0.29, 0.717) is 0 Å². The number of hydrogen-bond acceptors (Lipinski definition) is 4. The highest BCUT2D eigenvalue weighted by Gasteiger charge is 2.13. The maximum Gasteiger partial charge on any atom is 0.133 e. The number of anilines is 1. The smallest absolute Gasteiger partial charge is 0.133 e. The van der Waals surface area contributed by atoms with E-state index in [1.807, 2.05) is 31.4 Å². The van der Waals surface area contributed by atoms with Gasteiger partial charge in [-0.1, -0.05) is 18.2 Å². The standard InChI is InChI=1S/C17H23N3O/c1-13(18-2)16-9-6-10-19-17(16)20(3)12-14-7-5-8-15(11-14)21-4/h5-11,13,18H,12H2,1-4H3. The van der Waals surface area contributed by atoms with Crippen molar-refractivity contribution in [2.45, 2.75) is 19.5 Å². The van der Waals surface area contributed by atoms with Crippen molar-refractivity contribution in [2.75, 3.05) is 26.1 Å². The third-order valence-electron chi connectivity index (χ3n) is 3.63. The lowest BCUT2D eigenvalue weighted by Gasteiger charge is -2.24. The second kappa shape index (κ2) is 7.09. The second-order valence-electron chi connectivity index (χ2n) is 5.13. The number of ether oxygens (including phenoxy) is 1. The number of methoxy groups -OCH3 is 1. The van der Waals surface area contributed by atoms with Crippen LogP contribution in [0.3, 0.4) is 0 Å². The summed E-state index contributed by atoms with van der Waals surface area (Å²) in [5, 5.41) is 3.27. The van der Waals surface area contributed by atoms with E-state index in [-0.39, 0.29) is 6.04 Å². The Labute approximate surface area is 126 Å². The molecule has 1 unspecified atom stereocenters. The molecule has 0 aliphatic rings. The largest absolute Gasteiger partial charge is 0.497 e. The van der Waals surface area contributed by atoms with Gasteiger partial charge in [0.1, 0.15) is 11.6 Å². The first kappa shape index (κ1) is 15.3. The van der Waals surface area contributed by atoms with Crippen LogP contribution in [0.4, 0.5) is 5.82 Å². The van der Waals surface area contributed by atoms with E-state index < -0.39 is 0 Å². The minimum absolute atomic E-state index is 0.265. The Bertz CT molecular complexity index is 586. The van der Waals surface area contributed by atoms with E-state index in [9.17, 15) is 0 Å². The molecule has 1 atom stereocenters. The number of rotatable bonds is 6. The van der Waals surface area contributed by atoms with Crippen LogP contribution in [0.25, 0.3) is 0 Å². The molecule has 0 spiro atoms. The Morgan fingerprint density at radius 1 is 1.29 bits per heavy atom. The zero-order valence-electron chi connectivity index (χ0n) is 13.1. The van der Waals surface area contributed by atoms with Gasteiger partial charge in [0, 0.05) is 31.4 Å². The lowest BCUT2D eigenvalue weighted by atomic mass is 10.1. The van der Waals surface area contributed by atoms with Gasteiger partial charge in [-0.2, -0.15) is 0 Å². The van der Waals surface area contributed by atoms with Crippen molar-refractivity contribution in [3.63, 3.8) is 0 Å². The molecule has 1 aromatic carbocycles. The average molecular weight is 285 g/mol. The zero-order chi connectivity index (χ0) is 15.2. The second-order valence-corrected chi connectivity index (χ2v) is 5.13. The molecule has 0 aliphatic heterocycles. The molecule has 4 heteroatoms. The molecule has 0 saturated heterocycles. The first-order chi connectivity index (χ1) is 10.2. The number of benzene rings is 1. The lowest BCUT2D eigenvalue weighted by Crippen LogP contribution is -2.22. The van der Waals surface area contributed by atoms with Crippen molar-refractivity contribution in [1.29, 1.82) is 0 Å². The van der Waals surface area contributed by atoms with Gasteiger partial charge in [-0.15, -0.1) is 0 Å². The summed E-state index contributed by atoms with van der Waals surface area (Å²) < 4.78 is 5.28. The molecule has 0 saturated carbocycles. The molecule has 1 heterocycles. The SMILES string of the molecule is CNC(C)c1cccnc1N(C)Cc1cccc(OC)c1. The van der Waals surface area contributed by atoms with Gasteiger partial charge in [0.05, 0.1) is 7.11 Å². The normalized spacial score (nSPS) is 12.0. The van der Waals surface area contributed by atoms with Crippen LogP contribution >= 0.6 is 0 Å². The molecule has 2 rings (SSSR count). The molecule has 0 radical (unpaired) electrons. The summed E-state index contributed by atoms with van der Waals surface area (Å²) in [6.45, 7) is 2.93. The van der Waals surface area contributed by atoms with Gasteiger partial charge in [-0.05, 0) is 37.7 Å². The lowest BCUT2D eigenvalue weighted by molar-refractivity contribution is 0.414. The first-order valence-electron chi connectivity index (χ1n) is 7.12. The van der Waals surface area contributed by atoms with E-state index in [4.69, 9.17) is 4.74 Å². The maximum absolute atomic E-state index is 5.28. The number of hydrogen-bond donors (Lipinski definition) is 1. The van der Waals surface area contributed by atoms with Crippen LogP contribution in [-0.4, -0.2) is 26.2 Å². The molecule has 112 valence electrons. The topological polar surface area (TPSA) is 37.4 Å². The van der Waals surface area contributed by atoms with E-state index in [1.165, 1.54) is 11.1 Å². The summed E-state index contributed by atoms with van der Waals surface area (Å²) in [5.74, 6) is 1.88. The molecule has 2 aromatic rings. The van der Waals surface area contributed by atoms with Crippen LogP contribution in [0.15, 0.2) is 42.6 Å². The van der Waals surface area contributed by atoms with Crippen molar-refractivity contribution in [3.05, 3.63) is 53.7 Å². The molecular formula is C17H23N3O. The van der Waals surface area contributed by atoms with Crippen LogP contribution in [0.1, 0.15) is 24.1 Å². The minimum atomic E-state index is 0.265. The highest BCUT2D eigenvalue weighted by molar-refractivity contribution is 5.48. The van der Waals surface area contributed by atoms with Crippen LogP contribution in [-0.2, 0) is 6.54 Å². The number of pyridine rings is 1. The Morgan fingerprint density at radius 2 is 2.10 bits per heavy atom. The molecule has 21 heavy (non-hydrogen) atoms. The maximum atomic E-state index is 5.28. The Kier molecular flexibility index (Phi) is 5.17. The van der Waals surface area contributed by atoms with Gasteiger partial charge in [-0.3, -0.25) is 0 Å². The van der Waals surface area contributed by atoms with Gasteiger partial charge in [-0.25, -0.2) is 4.98 Å².